The zero-order valence-electron chi connectivity index (χ0n) is 16.7. The third kappa shape index (κ3) is 3.89. The average molecular weight is 415 g/mol. The van der Waals surface area contributed by atoms with Gasteiger partial charge in [-0.1, -0.05) is 43.2 Å². The lowest BCUT2D eigenvalue weighted by molar-refractivity contribution is -0.163. The van der Waals surface area contributed by atoms with Crippen LogP contribution in [0, 0.1) is 0 Å². The number of nitrogens with one attached hydrogen (secondary N) is 1. The van der Waals surface area contributed by atoms with E-state index >= 15 is 0 Å². The van der Waals surface area contributed by atoms with Crippen LogP contribution in [-0.2, 0) is 23.9 Å². The van der Waals surface area contributed by atoms with Gasteiger partial charge in [0.25, 0.3) is 11.8 Å². The van der Waals surface area contributed by atoms with Crippen molar-refractivity contribution >= 4 is 23.8 Å². The minimum atomic E-state index is -1.14. The molecule has 9 heteroatoms. The first-order chi connectivity index (χ1) is 14.5. The Labute approximate surface area is 174 Å². The van der Waals surface area contributed by atoms with E-state index in [0.717, 1.165) is 17.7 Å². The summed E-state index contributed by atoms with van der Waals surface area (Å²) in [4.78, 5) is 53.3. The summed E-state index contributed by atoms with van der Waals surface area (Å²) >= 11 is 0. The smallest absolute Gasteiger partial charge is 0.327 e. The Morgan fingerprint density at radius 1 is 1.10 bits per heavy atom. The van der Waals surface area contributed by atoms with Crippen molar-refractivity contribution in [3.63, 3.8) is 0 Å². The molecule has 160 valence electrons. The zero-order valence-corrected chi connectivity index (χ0v) is 16.7. The summed E-state index contributed by atoms with van der Waals surface area (Å²) in [5.74, 6) is -1.54. The second-order valence-electron chi connectivity index (χ2n) is 7.83. The second-order valence-corrected chi connectivity index (χ2v) is 7.83. The maximum Gasteiger partial charge on any atom is 0.327 e. The number of nitrogens with zero attached hydrogens (tertiary/aromatic N) is 2. The van der Waals surface area contributed by atoms with E-state index in [1.807, 2.05) is 0 Å². The van der Waals surface area contributed by atoms with Crippen LogP contribution in [0.3, 0.4) is 0 Å². The number of hydrogen-bond acceptors (Lipinski definition) is 6. The standard InChI is InChI=1S/C21H25N3O6/c25-16(14-24-19(27)21(22-20(24)28)8-4-5-9-21)30-17(15-6-2-1-3-7-15)18(26)23-10-12-29-13-11-23/h1-3,6-7,17H,4-5,8-14H2,(H,22,28)/t17-/m0/s1. The number of imide groups is 1. The van der Waals surface area contributed by atoms with Crippen molar-refractivity contribution in [2.75, 3.05) is 32.8 Å². The van der Waals surface area contributed by atoms with Crippen LogP contribution in [0.5, 0.6) is 0 Å². The molecule has 0 aromatic heterocycles. The maximum atomic E-state index is 13.0. The van der Waals surface area contributed by atoms with Crippen molar-refractivity contribution < 1.29 is 28.7 Å². The number of ether oxygens (including phenoxy) is 2. The van der Waals surface area contributed by atoms with E-state index in [1.54, 1.807) is 35.2 Å². The number of hydrogen-bond donors (Lipinski definition) is 1. The van der Waals surface area contributed by atoms with Gasteiger partial charge in [0.2, 0.25) is 6.10 Å². The number of amides is 4. The van der Waals surface area contributed by atoms with Gasteiger partial charge in [-0.05, 0) is 12.8 Å². The minimum Gasteiger partial charge on any atom is -0.446 e. The summed E-state index contributed by atoms with van der Waals surface area (Å²) in [7, 11) is 0. The lowest BCUT2D eigenvalue weighted by Crippen LogP contribution is -2.45. The van der Waals surface area contributed by atoms with Crippen LogP contribution in [0.1, 0.15) is 37.4 Å². The Morgan fingerprint density at radius 2 is 1.77 bits per heavy atom. The van der Waals surface area contributed by atoms with E-state index in [-0.39, 0.29) is 5.91 Å². The normalized spacial score (nSPS) is 21.6. The highest BCUT2D eigenvalue weighted by Crippen LogP contribution is 2.35. The molecule has 4 rings (SSSR count). The molecular weight excluding hydrogens is 390 g/mol. The lowest BCUT2D eigenvalue weighted by Gasteiger charge is -2.30. The van der Waals surface area contributed by atoms with Crippen LogP contribution in [0.4, 0.5) is 4.79 Å². The number of carbonyl (C=O) groups excluding carboxylic acids is 4. The molecule has 0 unspecified atom stereocenters. The minimum absolute atomic E-state index is 0.345. The van der Waals surface area contributed by atoms with Gasteiger partial charge in [0, 0.05) is 18.7 Å². The van der Waals surface area contributed by atoms with Gasteiger partial charge in [0.15, 0.2) is 0 Å². The molecule has 1 aromatic carbocycles. The molecule has 1 aromatic rings. The second kappa shape index (κ2) is 8.43. The van der Waals surface area contributed by atoms with Crippen LogP contribution < -0.4 is 5.32 Å². The van der Waals surface area contributed by atoms with Crippen LogP contribution in [0.25, 0.3) is 0 Å². The summed E-state index contributed by atoms with van der Waals surface area (Å²) < 4.78 is 10.8. The van der Waals surface area contributed by atoms with Gasteiger partial charge in [0.05, 0.1) is 13.2 Å². The predicted octanol–water partition coefficient (Wildman–Crippen LogP) is 0.994. The third-order valence-electron chi connectivity index (χ3n) is 5.89. The molecule has 2 aliphatic heterocycles. The monoisotopic (exact) mass is 415 g/mol. The number of benzene rings is 1. The SMILES string of the molecule is O=C(CN1C(=O)NC2(CCCC2)C1=O)O[C@H](C(=O)N1CCOCC1)c1ccccc1. The fourth-order valence-electron chi connectivity index (χ4n) is 4.27. The predicted molar refractivity (Wildman–Crippen MR) is 104 cm³/mol. The van der Waals surface area contributed by atoms with Crippen molar-refractivity contribution in [1.82, 2.24) is 15.1 Å². The van der Waals surface area contributed by atoms with Crippen LogP contribution >= 0.6 is 0 Å². The highest BCUT2D eigenvalue weighted by Gasteiger charge is 2.53. The number of carbonyl (C=O) groups is 4. The molecule has 9 nitrogen and oxygen atoms in total. The van der Waals surface area contributed by atoms with Crippen LogP contribution in [-0.4, -0.2) is 72.0 Å². The molecule has 3 aliphatic rings. The van der Waals surface area contributed by atoms with Crippen molar-refractivity contribution in [2.45, 2.75) is 37.3 Å². The molecule has 1 atom stereocenters. The van der Waals surface area contributed by atoms with E-state index in [2.05, 4.69) is 5.32 Å². The maximum absolute atomic E-state index is 13.0. The molecule has 3 fully saturated rings. The molecule has 1 saturated carbocycles. The Hall–Kier alpha value is -2.94. The summed E-state index contributed by atoms with van der Waals surface area (Å²) in [6.07, 6.45) is 1.72. The molecule has 1 aliphatic carbocycles. The summed E-state index contributed by atoms with van der Waals surface area (Å²) in [6, 6.07) is 8.13. The third-order valence-corrected chi connectivity index (χ3v) is 5.89. The van der Waals surface area contributed by atoms with Gasteiger partial charge in [-0.15, -0.1) is 0 Å². The lowest BCUT2D eigenvalue weighted by atomic mass is 9.98. The van der Waals surface area contributed by atoms with Crippen molar-refractivity contribution in [2.24, 2.45) is 0 Å². The Bertz CT molecular complexity index is 830. The van der Waals surface area contributed by atoms with Crippen molar-refractivity contribution in [1.29, 1.82) is 0 Å². The molecule has 30 heavy (non-hydrogen) atoms. The summed E-state index contributed by atoms with van der Waals surface area (Å²) in [6.45, 7) is 1.15. The molecule has 2 saturated heterocycles. The van der Waals surface area contributed by atoms with Gasteiger partial charge in [-0.25, -0.2) is 4.79 Å². The highest BCUT2D eigenvalue weighted by molar-refractivity contribution is 6.08. The number of rotatable bonds is 5. The zero-order chi connectivity index (χ0) is 21.1. The molecule has 0 bridgehead atoms. The first-order valence-electron chi connectivity index (χ1n) is 10.3. The van der Waals surface area contributed by atoms with Crippen LogP contribution in [0.2, 0.25) is 0 Å². The van der Waals surface area contributed by atoms with E-state index in [9.17, 15) is 19.2 Å². The first-order valence-corrected chi connectivity index (χ1v) is 10.3. The quantitative estimate of drug-likeness (QED) is 0.568. The van der Waals surface area contributed by atoms with E-state index in [4.69, 9.17) is 9.47 Å². The van der Waals surface area contributed by atoms with Crippen molar-refractivity contribution in [3.05, 3.63) is 35.9 Å². The Kier molecular flexibility index (Phi) is 5.72. The highest BCUT2D eigenvalue weighted by atomic mass is 16.5. The molecule has 0 radical (unpaired) electrons. The Balaban J connectivity index is 1.47. The van der Waals surface area contributed by atoms with E-state index in [0.29, 0.717) is 44.7 Å². The van der Waals surface area contributed by atoms with Crippen molar-refractivity contribution in [3.8, 4) is 0 Å². The fraction of sp³-hybridized carbons (Fsp3) is 0.524. The average Bonchev–Trinajstić information content (AvgIpc) is 3.33. The Morgan fingerprint density at radius 3 is 2.43 bits per heavy atom. The number of esters is 1. The first kappa shape index (κ1) is 20.3. The summed E-state index contributed by atoms with van der Waals surface area (Å²) in [5.41, 5.74) is -0.355. The topological polar surface area (TPSA) is 105 Å². The van der Waals surface area contributed by atoms with Gasteiger partial charge in [0.1, 0.15) is 12.1 Å². The molecular formula is C21H25N3O6. The number of urea groups is 1. The largest absolute Gasteiger partial charge is 0.446 e. The van der Waals surface area contributed by atoms with Gasteiger partial charge >= 0.3 is 12.0 Å². The molecule has 4 amide bonds. The number of morpholine rings is 1. The van der Waals surface area contributed by atoms with Crippen LogP contribution in [0.15, 0.2) is 30.3 Å². The van der Waals surface area contributed by atoms with Gasteiger partial charge < -0.3 is 19.7 Å². The van der Waals surface area contributed by atoms with Gasteiger partial charge in [-0.3, -0.25) is 19.3 Å². The van der Waals surface area contributed by atoms with E-state index < -0.39 is 36.1 Å². The fourth-order valence-corrected chi connectivity index (χ4v) is 4.27. The van der Waals surface area contributed by atoms with E-state index in [1.165, 1.54) is 0 Å². The van der Waals surface area contributed by atoms with Gasteiger partial charge in [-0.2, -0.15) is 0 Å². The molecule has 1 spiro atoms. The molecule has 2 heterocycles. The molecule has 1 N–H and O–H groups in total. The summed E-state index contributed by atoms with van der Waals surface area (Å²) in [5, 5.41) is 2.73.